The molecule has 0 aliphatic carbocycles. The van der Waals surface area contributed by atoms with Gasteiger partial charge in [-0.05, 0) is 76.7 Å². The Hall–Kier alpha value is -2.08. The molecule has 6 nitrogen and oxygen atoms in total. The van der Waals surface area contributed by atoms with Crippen LogP contribution in [-0.4, -0.2) is 60.5 Å². The van der Waals surface area contributed by atoms with Gasteiger partial charge >= 0.3 is 6.03 Å². The van der Waals surface area contributed by atoms with Crippen molar-refractivity contribution in [3.8, 4) is 0 Å². The number of piperidine rings is 1. The highest BCUT2D eigenvalue weighted by Gasteiger charge is 2.29. The van der Waals surface area contributed by atoms with E-state index in [4.69, 9.17) is 0 Å². The zero-order valence-electron chi connectivity index (χ0n) is 16.6. The molecule has 3 amide bonds. The summed E-state index contributed by atoms with van der Waals surface area (Å²) in [6.07, 6.45) is 5.85. The summed E-state index contributed by atoms with van der Waals surface area (Å²) in [5.74, 6) is -0.101. The van der Waals surface area contributed by atoms with Crippen LogP contribution in [-0.2, 0) is 0 Å². The molecule has 1 atom stereocenters. The summed E-state index contributed by atoms with van der Waals surface area (Å²) < 4.78 is 0. The van der Waals surface area contributed by atoms with Crippen molar-refractivity contribution in [3.63, 3.8) is 0 Å². The van der Waals surface area contributed by atoms with E-state index in [0.717, 1.165) is 44.6 Å². The Labute approximate surface area is 162 Å². The highest BCUT2D eigenvalue weighted by Crippen LogP contribution is 2.23. The van der Waals surface area contributed by atoms with Crippen LogP contribution in [0.1, 0.15) is 54.9 Å². The zero-order valence-corrected chi connectivity index (χ0v) is 16.6. The first kappa shape index (κ1) is 19.7. The maximum absolute atomic E-state index is 13.0. The topological polar surface area (TPSA) is 64.7 Å². The molecule has 2 fully saturated rings. The van der Waals surface area contributed by atoms with Crippen molar-refractivity contribution in [3.05, 3.63) is 29.3 Å². The van der Waals surface area contributed by atoms with Crippen molar-refractivity contribution in [2.75, 3.05) is 38.0 Å². The number of carbonyl (C=O) groups excluding carboxylic acids is 2. The number of likely N-dealkylation sites (tertiary alicyclic amines) is 2. The molecule has 2 heterocycles. The van der Waals surface area contributed by atoms with Crippen molar-refractivity contribution in [2.24, 2.45) is 0 Å². The van der Waals surface area contributed by atoms with Crippen molar-refractivity contribution in [2.45, 2.75) is 52.0 Å². The maximum Gasteiger partial charge on any atom is 0.322 e. The second-order valence-electron chi connectivity index (χ2n) is 7.62. The Kier molecular flexibility index (Phi) is 6.72. The SMILES string of the molecule is CCNC(=O)c1cccc(NC(=O)N2CCCC[C@H]2CN2CCCC2)c1C. The number of benzene rings is 1. The Morgan fingerprint density at radius 1 is 1.11 bits per heavy atom. The number of hydrogen-bond donors (Lipinski definition) is 2. The number of rotatable bonds is 5. The highest BCUT2D eigenvalue weighted by atomic mass is 16.2. The first-order chi connectivity index (χ1) is 13.1. The molecule has 0 aromatic heterocycles. The van der Waals surface area contributed by atoms with Crippen LogP contribution in [0.4, 0.5) is 10.5 Å². The van der Waals surface area contributed by atoms with Gasteiger partial charge in [0, 0.05) is 36.9 Å². The lowest BCUT2D eigenvalue weighted by molar-refractivity contribution is 0.0955. The molecule has 0 spiro atoms. The minimum Gasteiger partial charge on any atom is -0.352 e. The summed E-state index contributed by atoms with van der Waals surface area (Å²) in [5, 5.41) is 5.89. The lowest BCUT2D eigenvalue weighted by Crippen LogP contribution is -2.50. The number of nitrogens with one attached hydrogen (secondary N) is 2. The van der Waals surface area contributed by atoms with E-state index in [9.17, 15) is 9.59 Å². The Bertz CT molecular complexity index is 670. The predicted octanol–water partition coefficient (Wildman–Crippen LogP) is 3.23. The fourth-order valence-corrected chi connectivity index (χ4v) is 4.18. The normalized spacial score (nSPS) is 20.5. The standard InChI is InChI=1S/C21H32N4O2/c1-3-22-20(26)18-10-8-11-19(16(18)2)23-21(27)25-14-5-4-9-17(25)15-24-12-6-7-13-24/h8,10-11,17H,3-7,9,12-15H2,1-2H3,(H,22,26)(H,23,27)/t17-/m0/s1. The van der Waals surface area contributed by atoms with Gasteiger partial charge in [0.05, 0.1) is 0 Å². The quantitative estimate of drug-likeness (QED) is 0.834. The van der Waals surface area contributed by atoms with E-state index in [2.05, 4.69) is 15.5 Å². The number of anilines is 1. The smallest absolute Gasteiger partial charge is 0.322 e. The number of amides is 3. The summed E-state index contributed by atoms with van der Waals surface area (Å²) >= 11 is 0. The summed E-state index contributed by atoms with van der Waals surface area (Å²) in [4.78, 5) is 29.7. The predicted molar refractivity (Wildman–Crippen MR) is 108 cm³/mol. The van der Waals surface area contributed by atoms with E-state index in [1.807, 2.05) is 30.9 Å². The number of nitrogens with zero attached hydrogens (tertiary/aromatic N) is 2. The molecule has 2 aliphatic heterocycles. The van der Waals surface area contributed by atoms with Crippen LogP contribution >= 0.6 is 0 Å². The molecular weight excluding hydrogens is 340 g/mol. The van der Waals surface area contributed by atoms with Gasteiger partial charge in [-0.3, -0.25) is 4.79 Å². The molecule has 2 N–H and O–H groups in total. The van der Waals surface area contributed by atoms with Crippen LogP contribution in [0, 0.1) is 6.92 Å². The molecule has 3 rings (SSSR count). The van der Waals surface area contributed by atoms with Gasteiger partial charge in [0.15, 0.2) is 0 Å². The average molecular weight is 373 g/mol. The molecule has 2 saturated heterocycles. The number of hydrogen-bond acceptors (Lipinski definition) is 3. The van der Waals surface area contributed by atoms with Crippen molar-refractivity contribution < 1.29 is 9.59 Å². The van der Waals surface area contributed by atoms with Gasteiger partial charge in [0.2, 0.25) is 0 Å². The van der Waals surface area contributed by atoms with E-state index in [-0.39, 0.29) is 18.0 Å². The van der Waals surface area contributed by atoms with E-state index >= 15 is 0 Å². The van der Waals surface area contributed by atoms with E-state index < -0.39 is 0 Å². The molecule has 6 heteroatoms. The van der Waals surface area contributed by atoms with Gasteiger partial charge in [-0.25, -0.2) is 4.79 Å². The van der Waals surface area contributed by atoms with Crippen molar-refractivity contribution >= 4 is 17.6 Å². The minimum atomic E-state index is -0.101. The second kappa shape index (κ2) is 9.22. The third-order valence-corrected chi connectivity index (χ3v) is 5.71. The highest BCUT2D eigenvalue weighted by molar-refractivity contribution is 5.99. The van der Waals surface area contributed by atoms with Crippen LogP contribution in [0.3, 0.4) is 0 Å². The first-order valence-electron chi connectivity index (χ1n) is 10.3. The monoisotopic (exact) mass is 372 g/mol. The third kappa shape index (κ3) is 4.80. The van der Waals surface area contributed by atoms with Gasteiger partial charge in [0.1, 0.15) is 0 Å². The zero-order chi connectivity index (χ0) is 19.2. The lowest BCUT2D eigenvalue weighted by Gasteiger charge is -2.38. The second-order valence-corrected chi connectivity index (χ2v) is 7.62. The fourth-order valence-electron chi connectivity index (χ4n) is 4.18. The Morgan fingerprint density at radius 2 is 1.85 bits per heavy atom. The van der Waals surface area contributed by atoms with Crippen LogP contribution < -0.4 is 10.6 Å². The summed E-state index contributed by atoms with van der Waals surface area (Å²) in [6, 6.07) is 5.73. The maximum atomic E-state index is 13.0. The summed E-state index contributed by atoms with van der Waals surface area (Å²) in [7, 11) is 0. The summed E-state index contributed by atoms with van der Waals surface area (Å²) in [6.45, 7) is 8.46. The van der Waals surface area contributed by atoms with Gasteiger partial charge in [-0.1, -0.05) is 6.07 Å². The van der Waals surface area contributed by atoms with Gasteiger partial charge < -0.3 is 20.4 Å². The minimum absolute atomic E-state index is 0.0463. The van der Waals surface area contributed by atoms with Crippen LogP contribution in [0.15, 0.2) is 18.2 Å². The largest absolute Gasteiger partial charge is 0.352 e. The van der Waals surface area contributed by atoms with E-state index in [0.29, 0.717) is 17.8 Å². The van der Waals surface area contributed by atoms with Crippen LogP contribution in [0.5, 0.6) is 0 Å². The van der Waals surface area contributed by atoms with Crippen LogP contribution in [0.2, 0.25) is 0 Å². The Morgan fingerprint density at radius 3 is 2.59 bits per heavy atom. The van der Waals surface area contributed by atoms with Crippen LogP contribution in [0.25, 0.3) is 0 Å². The third-order valence-electron chi connectivity index (χ3n) is 5.71. The fraction of sp³-hybridized carbons (Fsp3) is 0.619. The molecular formula is C21H32N4O2. The molecule has 1 aromatic rings. The number of carbonyl (C=O) groups is 2. The van der Waals surface area contributed by atoms with Gasteiger partial charge in [0.25, 0.3) is 5.91 Å². The average Bonchev–Trinajstić information content (AvgIpc) is 3.17. The Balaban J connectivity index is 1.69. The summed E-state index contributed by atoms with van der Waals surface area (Å²) in [5.41, 5.74) is 2.14. The molecule has 2 aliphatic rings. The number of urea groups is 1. The molecule has 0 radical (unpaired) electrons. The molecule has 0 saturated carbocycles. The first-order valence-corrected chi connectivity index (χ1v) is 10.3. The van der Waals surface area contributed by atoms with E-state index in [1.165, 1.54) is 19.3 Å². The van der Waals surface area contributed by atoms with E-state index in [1.54, 1.807) is 6.07 Å². The lowest BCUT2D eigenvalue weighted by atomic mass is 10.0. The van der Waals surface area contributed by atoms with Gasteiger partial charge in [-0.2, -0.15) is 0 Å². The molecule has 0 unspecified atom stereocenters. The van der Waals surface area contributed by atoms with Gasteiger partial charge in [-0.15, -0.1) is 0 Å². The van der Waals surface area contributed by atoms with Crippen molar-refractivity contribution in [1.29, 1.82) is 0 Å². The van der Waals surface area contributed by atoms with Crippen molar-refractivity contribution in [1.82, 2.24) is 15.1 Å². The molecule has 27 heavy (non-hydrogen) atoms. The molecule has 1 aromatic carbocycles. The molecule has 148 valence electrons. The molecule has 0 bridgehead atoms.